The second kappa shape index (κ2) is 9.73. The largest absolute Gasteiger partial charge is 0.507 e. The van der Waals surface area contributed by atoms with Crippen LogP contribution < -0.4 is 4.74 Å². The lowest BCUT2D eigenvalue weighted by molar-refractivity contribution is -0.140. The van der Waals surface area contributed by atoms with Crippen LogP contribution in [0.15, 0.2) is 54.1 Å². The number of hydrogen-bond donors (Lipinski definition) is 1. The zero-order chi connectivity index (χ0) is 22.7. The van der Waals surface area contributed by atoms with E-state index < -0.39 is 17.7 Å². The molecule has 4 rings (SSSR count). The standard InChI is InChI=1S/C24H25ClN2O5/c1-31-19-4-2-3-17(15-19)21-20(22(28)16-5-7-18(25)8-6-16)23(29)24(30)27(21)10-9-26-11-13-32-14-12-26/h2-8,15,21,28H,9-14H2,1H3. The van der Waals surface area contributed by atoms with Gasteiger partial charge in [0.15, 0.2) is 0 Å². The van der Waals surface area contributed by atoms with Crippen molar-refractivity contribution < 1.29 is 24.2 Å². The second-order valence-corrected chi connectivity index (χ2v) is 8.17. The lowest BCUT2D eigenvalue weighted by atomic mass is 9.95. The van der Waals surface area contributed by atoms with Gasteiger partial charge in [-0.15, -0.1) is 0 Å². The molecule has 2 aromatic rings. The zero-order valence-corrected chi connectivity index (χ0v) is 18.5. The Balaban J connectivity index is 1.74. The average molecular weight is 457 g/mol. The molecule has 2 aliphatic heterocycles. The SMILES string of the molecule is COc1cccc(C2C(=C(O)c3ccc(Cl)cc3)C(=O)C(=O)N2CCN2CCOCC2)c1. The molecule has 0 bridgehead atoms. The van der Waals surface area contributed by atoms with E-state index in [2.05, 4.69) is 4.90 Å². The molecule has 0 radical (unpaired) electrons. The summed E-state index contributed by atoms with van der Waals surface area (Å²) in [4.78, 5) is 29.9. The van der Waals surface area contributed by atoms with Gasteiger partial charge in [-0.05, 0) is 42.0 Å². The van der Waals surface area contributed by atoms with Crippen LogP contribution in [-0.2, 0) is 14.3 Å². The Labute approximate surface area is 191 Å². The summed E-state index contributed by atoms with van der Waals surface area (Å²) in [5, 5.41) is 11.6. The van der Waals surface area contributed by atoms with Crippen LogP contribution in [-0.4, -0.2) is 73.1 Å². The first kappa shape index (κ1) is 22.3. The number of morpholine rings is 1. The summed E-state index contributed by atoms with van der Waals surface area (Å²) >= 11 is 5.97. The van der Waals surface area contributed by atoms with Gasteiger partial charge in [0.1, 0.15) is 11.5 Å². The number of hydrogen-bond acceptors (Lipinski definition) is 6. The van der Waals surface area contributed by atoms with Crippen molar-refractivity contribution in [3.05, 3.63) is 70.3 Å². The van der Waals surface area contributed by atoms with Gasteiger partial charge in [-0.3, -0.25) is 14.5 Å². The zero-order valence-electron chi connectivity index (χ0n) is 17.8. The van der Waals surface area contributed by atoms with Gasteiger partial charge in [0.25, 0.3) is 11.7 Å². The van der Waals surface area contributed by atoms with Gasteiger partial charge in [-0.25, -0.2) is 0 Å². The number of nitrogens with zero attached hydrogens (tertiary/aromatic N) is 2. The predicted octanol–water partition coefficient (Wildman–Crippen LogP) is 3.10. The van der Waals surface area contributed by atoms with Crippen molar-refractivity contribution >= 4 is 29.1 Å². The third-order valence-corrected chi connectivity index (χ3v) is 6.08. The van der Waals surface area contributed by atoms with E-state index in [1.807, 2.05) is 6.07 Å². The predicted molar refractivity (Wildman–Crippen MR) is 121 cm³/mol. The molecule has 0 saturated carbocycles. The number of methoxy groups -OCH3 is 1. The Morgan fingerprint density at radius 2 is 1.84 bits per heavy atom. The summed E-state index contributed by atoms with van der Waals surface area (Å²) in [6.07, 6.45) is 0. The number of carbonyl (C=O) groups excluding carboxylic acids is 2. The highest BCUT2D eigenvalue weighted by Gasteiger charge is 2.46. The molecular formula is C24H25ClN2O5. The van der Waals surface area contributed by atoms with Crippen LogP contribution >= 0.6 is 11.6 Å². The highest BCUT2D eigenvalue weighted by atomic mass is 35.5. The number of benzene rings is 2. The van der Waals surface area contributed by atoms with Crippen molar-refractivity contribution in [1.82, 2.24) is 9.80 Å². The number of ether oxygens (including phenoxy) is 2. The Kier molecular flexibility index (Phi) is 6.79. The number of amides is 1. The first-order chi connectivity index (χ1) is 15.5. The molecule has 1 unspecified atom stereocenters. The third-order valence-electron chi connectivity index (χ3n) is 5.83. The Morgan fingerprint density at radius 1 is 1.12 bits per heavy atom. The summed E-state index contributed by atoms with van der Waals surface area (Å²) in [5.41, 5.74) is 1.18. The molecule has 2 aliphatic rings. The van der Waals surface area contributed by atoms with E-state index in [4.69, 9.17) is 21.1 Å². The molecular weight excluding hydrogens is 432 g/mol. The number of halogens is 1. The van der Waals surface area contributed by atoms with Crippen LogP contribution in [0.2, 0.25) is 5.02 Å². The molecule has 1 N–H and O–H groups in total. The molecule has 0 aromatic heterocycles. The molecule has 1 amide bonds. The Bertz CT molecular complexity index is 1030. The second-order valence-electron chi connectivity index (χ2n) is 7.73. The normalized spacial score (nSPS) is 21.2. The quantitative estimate of drug-likeness (QED) is 0.409. The number of aliphatic hydroxyl groups excluding tert-OH is 1. The molecule has 7 nitrogen and oxygen atoms in total. The van der Waals surface area contributed by atoms with Crippen molar-refractivity contribution in [1.29, 1.82) is 0 Å². The van der Waals surface area contributed by atoms with Crippen molar-refractivity contribution in [2.45, 2.75) is 6.04 Å². The summed E-state index contributed by atoms with van der Waals surface area (Å²) in [7, 11) is 1.56. The summed E-state index contributed by atoms with van der Waals surface area (Å²) in [5.74, 6) is -0.941. The lowest BCUT2D eigenvalue weighted by Crippen LogP contribution is -2.42. The first-order valence-electron chi connectivity index (χ1n) is 10.5. The fraction of sp³-hybridized carbons (Fsp3) is 0.333. The van der Waals surface area contributed by atoms with Crippen LogP contribution in [0.3, 0.4) is 0 Å². The van der Waals surface area contributed by atoms with E-state index in [0.29, 0.717) is 48.2 Å². The van der Waals surface area contributed by atoms with Crippen molar-refractivity contribution in [3.63, 3.8) is 0 Å². The summed E-state index contributed by atoms with van der Waals surface area (Å²) in [6, 6.07) is 13.0. The minimum atomic E-state index is -0.721. The lowest BCUT2D eigenvalue weighted by Gasteiger charge is -2.31. The van der Waals surface area contributed by atoms with Gasteiger partial charge in [0, 0.05) is 36.8 Å². The van der Waals surface area contributed by atoms with Crippen LogP contribution in [0.4, 0.5) is 0 Å². The van der Waals surface area contributed by atoms with Gasteiger partial charge in [0.05, 0.1) is 31.9 Å². The maximum Gasteiger partial charge on any atom is 0.295 e. The van der Waals surface area contributed by atoms with Gasteiger partial charge < -0.3 is 19.5 Å². The number of Topliss-reactive ketones (excluding diaryl/α,β-unsaturated/α-hetero) is 1. The van der Waals surface area contributed by atoms with E-state index in [-0.39, 0.29) is 11.3 Å². The topological polar surface area (TPSA) is 79.3 Å². The Morgan fingerprint density at radius 3 is 2.53 bits per heavy atom. The van der Waals surface area contributed by atoms with E-state index in [0.717, 1.165) is 13.1 Å². The van der Waals surface area contributed by atoms with E-state index in [1.54, 1.807) is 49.6 Å². The minimum Gasteiger partial charge on any atom is -0.507 e. The highest BCUT2D eigenvalue weighted by Crippen LogP contribution is 2.40. The van der Waals surface area contributed by atoms with Crippen molar-refractivity contribution in [2.75, 3.05) is 46.5 Å². The minimum absolute atomic E-state index is 0.0625. The first-order valence-corrected chi connectivity index (χ1v) is 10.9. The average Bonchev–Trinajstić information content (AvgIpc) is 3.08. The molecule has 2 fully saturated rings. The maximum absolute atomic E-state index is 13.1. The molecule has 32 heavy (non-hydrogen) atoms. The van der Waals surface area contributed by atoms with Gasteiger partial charge >= 0.3 is 0 Å². The van der Waals surface area contributed by atoms with Gasteiger partial charge in [-0.1, -0.05) is 23.7 Å². The smallest absolute Gasteiger partial charge is 0.295 e. The highest BCUT2D eigenvalue weighted by molar-refractivity contribution is 6.46. The van der Waals surface area contributed by atoms with Crippen LogP contribution in [0.5, 0.6) is 5.75 Å². The molecule has 0 aliphatic carbocycles. The summed E-state index contributed by atoms with van der Waals surface area (Å²) < 4.78 is 10.7. The molecule has 8 heteroatoms. The molecule has 2 aromatic carbocycles. The molecule has 1 atom stereocenters. The van der Waals surface area contributed by atoms with Crippen LogP contribution in [0, 0.1) is 0 Å². The van der Waals surface area contributed by atoms with Crippen molar-refractivity contribution in [2.24, 2.45) is 0 Å². The number of likely N-dealkylation sites (tertiary alicyclic amines) is 1. The number of ketones is 1. The molecule has 2 heterocycles. The maximum atomic E-state index is 13.1. The fourth-order valence-corrected chi connectivity index (χ4v) is 4.23. The third kappa shape index (κ3) is 4.50. The van der Waals surface area contributed by atoms with Gasteiger partial charge in [-0.2, -0.15) is 0 Å². The van der Waals surface area contributed by atoms with Crippen LogP contribution in [0.25, 0.3) is 5.76 Å². The fourth-order valence-electron chi connectivity index (χ4n) is 4.11. The molecule has 0 spiro atoms. The summed E-state index contributed by atoms with van der Waals surface area (Å²) in [6.45, 7) is 3.81. The number of aliphatic hydroxyl groups is 1. The van der Waals surface area contributed by atoms with Gasteiger partial charge in [0.2, 0.25) is 0 Å². The Hall–Kier alpha value is -2.87. The van der Waals surface area contributed by atoms with Crippen LogP contribution in [0.1, 0.15) is 17.2 Å². The van der Waals surface area contributed by atoms with E-state index in [1.165, 1.54) is 4.90 Å². The number of carbonyl (C=O) groups is 2. The van der Waals surface area contributed by atoms with E-state index in [9.17, 15) is 14.7 Å². The van der Waals surface area contributed by atoms with Crippen molar-refractivity contribution in [3.8, 4) is 5.75 Å². The number of rotatable bonds is 6. The molecule has 168 valence electrons. The molecule has 2 saturated heterocycles. The monoisotopic (exact) mass is 456 g/mol. The van der Waals surface area contributed by atoms with E-state index >= 15 is 0 Å².